The Morgan fingerprint density at radius 2 is 1.33 bits per heavy atom. The summed E-state index contributed by atoms with van der Waals surface area (Å²) in [6.45, 7) is 7.37. The lowest BCUT2D eigenvalue weighted by molar-refractivity contribution is -0.443. The van der Waals surface area contributed by atoms with Gasteiger partial charge in [0.2, 0.25) is 5.69 Å². The zero-order chi connectivity index (χ0) is 47.8. The second-order valence-electron chi connectivity index (χ2n) is 18.6. The largest absolute Gasteiger partial charge is 0.379 e. The average molecular weight is 997 g/mol. The van der Waals surface area contributed by atoms with Crippen LogP contribution in [0, 0.1) is 0 Å². The fourth-order valence-electron chi connectivity index (χ4n) is 10.7. The Labute approximate surface area is 397 Å². The molecule has 0 spiro atoms. The summed E-state index contributed by atoms with van der Waals surface area (Å²) in [5.74, 6) is 0.426. The van der Waals surface area contributed by atoms with Gasteiger partial charge in [0, 0.05) is 78.9 Å². The summed E-state index contributed by atoms with van der Waals surface area (Å²) >= 11 is 5.71. The van der Waals surface area contributed by atoms with E-state index < -0.39 is 46.9 Å². The standard InChI is InChI=1S/C48H67ClN2O12S3/c1-47(26-7-5-6-18-38(52)19-15-32-63-34-33-62-31-10-4-3-9-28-49)41(50-29-13-16-36-22-24-39(65(56,57)58)43(47)45(36)50)20-12-21-42-48(2,27-8-11-35-64(53,54)55)44-40(66(59,60)61)25-23-37-17-14-30-51(42)46(37)44/h12,20-25H,3-11,13-19,26-35H2,1-2H3,(H2-,53,54,55,56,57,58,59,60,61)/p+1. The highest BCUT2D eigenvalue weighted by atomic mass is 35.5. The normalized spacial score (nSPS) is 21.1. The van der Waals surface area contributed by atoms with Crippen LogP contribution in [0.5, 0.6) is 0 Å². The van der Waals surface area contributed by atoms with Crippen LogP contribution in [-0.2, 0) is 68.3 Å². The van der Waals surface area contributed by atoms with Crippen molar-refractivity contribution in [1.29, 1.82) is 0 Å². The second kappa shape index (κ2) is 22.6. The third kappa shape index (κ3) is 12.4. The molecule has 4 aliphatic heterocycles. The summed E-state index contributed by atoms with van der Waals surface area (Å²) < 4.78 is 119. The number of ether oxygens (including phenoxy) is 2. The molecule has 14 nitrogen and oxygen atoms in total. The Kier molecular flexibility index (Phi) is 17.9. The lowest BCUT2D eigenvalue weighted by Crippen LogP contribution is -2.33. The van der Waals surface area contributed by atoms with Gasteiger partial charge in [0.15, 0.2) is 5.71 Å². The molecule has 0 fully saturated rings. The van der Waals surface area contributed by atoms with Crippen LogP contribution in [0.3, 0.4) is 0 Å². The molecule has 0 amide bonds. The number of alkyl halides is 1. The number of halogens is 1. The number of benzene rings is 2. The molecule has 3 N–H and O–H groups in total. The van der Waals surface area contributed by atoms with Crippen molar-refractivity contribution in [2.45, 2.75) is 150 Å². The molecule has 0 saturated heterocycles. The van der Waals surface area contributed by atoms with Gasteiger partial charge in [0.25, 0.3) is 30.4 Å². The summed E-state index contributed by atoms with van der Waals surface area (Å²) in [7, 11) is -13.5. The Bertz CT molecular complexity index is 2520. The van der Waals surface area contributed by atoms with E-state index in [0.717, 1.165) is 85.3 Å². The molecule has 2 aromatic carbocycles. The number of unbranched alkanes of at least 4 members (excludes halogenated alkanes) is 6. The van der Waals surface area contributed by atoms with E-state index in [2.05, 4.69) is 9.48 Å². The molecule has 366 valence electrons. The molecular weight excluding hydrogens is 928 g/mol. The minimum Gasteiger partial charge on any atom is -0.379 e. The first-order chi connectivity index (χ1) is 31.3. The van der Waals surface area contributed by atoms with Crippen LogP contribution >= 0.6 is 11.6 Å². The number of allylic oxidation sites excluding steroid dienone is 4. The van der Waals surface area contributed by atoms with Crippen molar-refractivity contribution in [3.05, 3.63) is 70.4 Å². The SMILES string of the molecule is CC1(CCCCCC(=O)CCCOCCOCCCCCCCl)C(/C=C/C=C2/N3CCCc4ccc(S(=O)(=O)O)c(c43)C2(C)CCCCS(=O)(=O)O)=[N+]2CCCc3ccc(S(=O)(=O)O)c1c32. The van der Waals surface area contributed by atoms with Gasteiger partial charge in [-0.2, -0.15) is 29.8 Å². The molecule has 0 radical (unpaired) electrons. The number of nitrogens with zero attached hydrogens (tertiary/aromatic N) is 2. The van der Waals surface area contributed by atoms with Crippen molar-refractivity contribution in [1.82, 2.24) is 0 Å². The van der Waals surface area contributed by atoms with Crippen molar-refractivity contribution < 1.29 is 57.8 Å². The van der Waals surface area contributed by atoms with Crippen LogP contribution in [0.4, 0.5) is 11.4 Å². The van der Waals surface area contributed by atoms with Gasteiger partial charge in [-0.25, -0.2) is 0 Å². The summed E-state index contributed by atoms with van der Waals surface area (Å²) in [5, 5.41) is 0. The lowest BCUT2D eigenvalue weighted by Gasteiger charge is -2.32. The zero-order valence-electron chi connectivity index (χ0n) is 38.4. The molecule has 0 bridgehead atoms. The van der Waals surface area contributed by atoms with Gasteiger partial charge >= 0.3 is 0 Å². The first-order valence-electron chi connectivity index (χ1n) is 23.6. The van der Waals surface area contributed by atoms with E-state index in [9.17, 15) is 43.7 Å². The maximum atomic E-state index is 13.1. The summed E-state index contributed by atoms with van der Waals surface area (Å²) in [6.07, 6.45) is 18.1. The molecule has 2 aromatic rings. The van der Waals surface area contributed by atoms with Crippen LogP contribution < -0.4 is 4.90 Å². The highest BCUT2D eigenvalue weighted by molar-refractivity contribution is 7.86. The number of carbonyl (C=O) groups excluding carboxylic acids is 1. The molecule has 4 aliphatic rings. The highest BCUT2D eigenvalue weighted by Crippen LogP contribution is 2.56. The van der Waals surface area contributed by atoms with Crippen molar-refractivity contribution in [3.63, 3.8) is 0 Å². The van der Waals surface area contributed by atoms with E-state index in [4.69, 9.17) is 21.1 Å². The third-order valence-corrected chi connectivity index (χ3v) is 16.6. The van der Waals surface area contributed by atoms with Crippen LogP contribution in [-0.4, -0.2) is 106 Å². The van der Waals surface area contributed by atoms with Gasteiger partial charge < -0.3 is 14.4 Å². The van der Waals surface area contributed by atoms with Gasteiger partial charge in [0.1, 0.15) is 22.1 Å². The first kappa shape index (κ1) is 52.4. The van der Waals surface area contributed by atoms with E-state index >= 15 is 0 Å². The fourth-order valence-corrected chi connectivity index (χ4v) is 13.1. The van der Waals surface area contributed by atoms with E-state index in [-0.39, 0.29) is 22.0 Å². The molecule has 0 saturated carbocycles. The lowest BCUT2D eigenvalue weighted by atomic mass is 9.74. The topological polar surface area (TPSA) is 205 Å². The molecule has 2 unspecified atom stereocenters. The molecule has 4 heterocycles. The summed E-state index contributed by atoms with van der Waals surface area (Å²) in [5.41, 5.74) is 4.30. The quantitative estimate of drug-likeness (QED) is 0.0316. The summed E-state index contributed by atoms with van der Waals surface area (Å²) in [4.78, 5) is 14.6. The van der Waals surface area contributed by atoms with Crippen LogP contribution in [0.15, 0.2) is 58.0 Å². The van der Waals surface area contributed by atoms with E-state index in [1.807, 2.05) is 32.1 Å². The van der Waals surface area contributed by atoms with Crippen molar-refractivity contribution in [2.75, 3.05) is 56.0 Å². The Morgan fingerprint density at radius 3 is 2.03 bits per heavy atom. The van der Waals surface area contributed by atoms with Gasteiger partial charge in [-0.05, 0) is 102 Å². The minimum atomic E-state index is -4.65. The number of carbonyl (C=O) groups is 1. The molecule has 66 heavy (non-hydrogen) atoms. The third-order valence-electron chi connectivity index (χ3n) is 13.8. The second-order valence-corrected chi connectivity index (χ2v) is 23.3. The van der Waals surface area contributed by atoms with E-state index in [1.165, 1.54) is 12.1 Å². The van der Waals surface area contributed by atoms with Crippen LogP contribution in [0.25, 0.3) is 0 Å². The molecule has 0 aromatic heterocycles. The van der Waals surface area contributed by atoms with Crippen LogP contribution in [0.2, 0.25) is 0 Å². The van der Waals surface area contributed by atoms with Crippen molar-refractivity contribution in [3.8, 4) is 0 Å². The number of aryl methyl sites for hydroxylation is 2. The Morgan fingerprint density at radius 1 is 0.727 bits per heavy atom. The predicted molar refractivity (Wildman–Crippen MR) is 257 cm³/mol. The van der Waals surface area contributed by atoms with Crippen LogP contribution in [0.1, 0.15) is 139 Å². The van der Waals surface area contributed by atoms with Gasteiger partial charge in [-0.15, -0.1) is 11.6 Å². The highest BCUT2D eigenvalue weighted by Gasteiger charge is 2.53. The monoisotopic (exact) mass is 995 g/mol. The number of anilines is 1. The number of hydrogen-bond acceptors (Lipinski definition) is 10. The van der Waals surface area contributed by atoms with Gasteiger partial charge in [-0.3, -0.25) is 18.5 Å². The number of hydrogen-bond donors (Lipinski definition) is 3. The average Bonchev–Trinajstić information content (AvgIpc) is 3.65. The van der Waals surface area contributed by atoms with Gasteiger partial charge in [-0.1, -0.05) is 50.3 Å². The molecule has 0 aliphatic carbocycles. The van der Waals surface area contributed by atoms with E-state index in [0.29, 0.717) is 114 Å². The Hall–Kier alpha value is -3.00. The predicted octanol–water partition coefficient (Wildman–Crippen LogP) is 8.84. The number of rotatable bonds is 28. The minimum absolute atomic E-state index is 0.123. The molecule has 6 rings (SSSR count). The Balaban J connectivity index is 1.20. The summed E-state index contributed by atoms with van der Waals surface area (Å²) in [6, 6.07) is 6.47. The van der Waals surface area contributed by atoms with Crippen molar-refractivity contribution in [2.24, 2.45) is 0 Å². The number of ketones is 1. The number of Topliss-reactive ketones (excluding diaryl/α,β-unsaturated/α-hetero) is 1. The van der Waals surface area contributed by atoms with E-state index in [1.54, 1.807) is 12.1 Å². The first-order valence-corrected chi connectivity index (χ1v) is 28.6. The van der Waals surface area contributed by atoms with Crippen molar-refractivity contribution >= 4 is 64.8 Å². The molecular formula is C48H68ClN2O12S3+. The molecule has 18 heteroatoms. The smallest absolute Gasteiger partial charge is 0.295 e. The molecule has 2 atom stereocenters. The maximum Gasteiger partial charge on any atom is 0.295 e. The fraction of sp³-hybridized carbons (Fsp3) is 0.625. The van der Waals surface area contributed by atoms with Gasteiger partial charge in [0.05, 0.1) is 29.9 Å². The maximum absolute atomic E-state index is 13.1. The zero-order valence-corrected chi connectivity index (χ0v) is 41.6.